The number of nitrogens with one attached hydrogen (secondary N) is 1. The molecule has 0 bridgehead atoms. The van der Waals surface area contributed by atoms with Gasteiger partial charge in [0, 0.05) is 61.4 Å². The van der Waals surface area contributed by atoms with Crippen molar-refractivity contribution in [2.45, 2.75) is 18.5 Å². The first-order valence-corrected chi connectivity index (χ1v) is 10.2. The molecule has 2 amide bonds. The third-order valence-corrected chi connectivity index (χ3v) is 6.81. The van der Waals surface area contributed by atoms with Crippen molar-refractivity contribution in [2.24, 2.45) is 14.1 Å². The summed E-state index contributed by atoms with van der Waals surface area (Å²) < 4.78 is 4.23. The number of aromatic nitrogens is 3. The Labute approximate surface area is 173 Å². The number of rotatable bonds is 1. The Morgan fingerprint density at radius 1 is 1.07 bits per heavy atom. The first kappa shape index (κ1) is 17.4. The molecule has 7 heteroatoms. The molecule has 7 nitrogen and oxygen atoms in total. The molecule has 3 aromatic heterocycles. The van der Waals surface area contributed by atoms with E-state index in [1.54, 1.807) is 11.9 Å². The van der Waals surface area contributed by atoms with Gasteiger partial charge in [0.05, 0.1) is 6.54 Å². The molecule has 1 N–H and O–H groups in total. The Morgan fingerprint density at radius 3 is 2.67 bits per heavy atom. The summed E-state index contributed by atoms with van der Waals surface area (Å²) in [4.78, 5) is 33.3. The van der Waals surface area contributed by atoms with Gasteiger partial charge in [-0.2, -0.15) is 0 Å². The summed E-state index contributed by atoms with van der Waals surface area (Å²) in [6.45, 7) is 0.116. The molecule has 152 valence electrons. The van der Waals surface area contributed by atoms with Gasteiger partial charge in [-0.1, -0.05) is 18.2 Å². The fraction of sp³-hybridized carbons (Fsp3) is 0.304. The molecule has 0 saturated carbocycles. The number of benzene rings is 1. The van der Waals surface area contributed by atoms with Crippen molar-refractivity contribution < 1.29 is 9.59 Å². The average molecular weight is 401 g/mol. The SMILES string of the molecule is CN1CC(=O)N2C(Cc3c([nH]c4ccccc34)C2c2cc3ccn(C)c3n2C)C1=O. The molecule has 2 aliphatic heterocycles. The molecule has 6 rings (SSSR count). The van der Waals surface area contributed by atoms with E-state index < -0.39 is 6.04 Å². The van der Waals surface area contributed by atoms with Gasteiger partial charge in [0.2, 0.25) is 11.8 Å². The highest BCUT2D eigenvalue weighted by Crippen LogP contribution is 2.43. The number of para-hydroxylation sites is 1. The van der Waals surface area contributed by atoms with Crippen LogP contribution in [0.3, 0.4) is 0 Å². The number of carbonyl (C=O) groups excluding carboxylic acids is 2. The minimum absolute atomic E-state index is 0.00861. The first-order chi connectivity index (χ1) is 14.5. The Hall–Kier alpha value is -3.48. The van der Waals surface area contributed by atoms with Crippen molar-refractivity contribution in [3.63, 3.8) is 0 Å². The molecule has 0 aliphatic carbocycles. The van der Waals surface area contributed by atoms with Crippen molar-refractivity contribution >= 4 is 33.8 Å². The monoisotopic (exact) mass is 401 g/mol. The van der Waals surface area contributed by atoms with Crippen LogP contribution in [-0.4, -0.2) is 55.4 Å². The third kappa shape index (κ3) is 2.09. The van der Waals surface area contributed by atoms with Gasteiger partial charge < -0.3 is 23.9 Å². The van der Waals surface area contributed by atoms with Crippen LogP contribution in [0.4, 0.5) is 0 Å². The lowest BCUT2D eigenvalue weighted by molar-refractivity contribution is -0.157. The maximum atomic E-state index is 13.2. The van der Waals surface area contributed by atoms with E-state index in [0.717, 1.165) is 38.9 Å². The fourth-order valence-corrected chi connectivity index (χ4v) is 5.44. The van der Waals surface area contributed by atoms with Gasteiger partial charge in [0.15, 0.2) is 0 Å². The predicted octanol–water partition coefficient (Wildman–Crippen LogP) is 2.31. The zero-order valence-corrected chi connectivity index (χ0v) is 17.2. The van der Waals surface area contributed by atoms with Crippen LogP contribution in [0.5, 0.6) is 0 Å². The van der Waals surface area contributed by atoms with Crippen LogP contribution in [0.25, 0.3) is 21.9 Å². The van der Waals surface area contributed by atoms with Crippen LogP contribution in [0.15, 0.2) is 42.6 Å². The van der Waals surface area contributed by atoms with Gasteiger partial charge in [-0.3, -0.25) is 9.59 Å². The second-order valence-corrected chi connectivity index (χ2v) is 8.51. The second-order valence-electron chi connectivity index (χ2n) is 8.51. The van der Waals surface area contributed by atoms with Gasteiger partial charge in [-0.25, -0.2) is 0 Å². The number of hydrogen-bond donors (Lipinski definition) is 1. The number of hydrogen-bond acceptors (Lipinski definition) is 2. The number of nitrogens with zero attached hydrogens (tertiary/aromatic N) is 4. The van der Waals surface area contributed by atoms with Crippen molar-refractivity contribution in [3.05, 3.63) is 59.5 Å². The highest BCUT2D eigenvalue weighted by molar-refractivity contribution is 5.97. The Bertz CT molecular complexity index is 1360. The molecule has 1 saturated heterocycles. The fourth-order valence-electron chi connectivity index (χ4n) is 5.44. The van der Waals surface area contributed by atoms with Crippen molar-refractivity contribution in [1.82, 2.24) is 23.9 Å². The van der Waals surface area contributed by atoms with Crippen molar-refractivity contribution in [3.8, 4) is 0 Å². The minimum Gasteiger partial charge on any atom is -0.356 e. The maximum Gasteiger partial charge on any atom is 0.245 e. The molecule has 4 aromatic rings. The molecule has 1 fully saturated rings. The number of aryl methyl sites for hydroxylation is 2. The van der Waals surface area contributed by atoms with E-state index in [0.29, 0.717) is 6.42 Å². The molecule has 5 heterocycles. The number of piperazine rings is 1. The summed E-state index contributed by atoms with van der Waals surface area (Å²) in [6, 6.07) is 11.6. The lowest BCUT2D eigenvalue weighted by Gasteiger charge is -2.46. The summed E-state index contributed by atoms with van der Waals surface area (Å²) in [7, 11) is 5.77. The standard InChI is InChI=1S/C23H23N5O2/c1-25-9-8-13-10-17(27(3)22(13)25)21-20-15(14-6-4-5-7-16(14)24-20)11-18-23(30)26(2)12-19(29)28(18)21/h4-10,18,21,24H,11-12H2,1-3H3. The molecule has 2 aliphatic rings. The smallest absolute Gasteiger partial charge is 0.245 e. The minimum atomic E-state index is -0.481. The van der Waals surface area contributed by atoms with E-state index in [2.05, 4.69) is 38.4 Å². The van der Waals surface area contributed by atoms with Gasteiger partial charge in [0.1, 0.15) is 17.7 Å². The highest BCUT2D eigenvalue weighted by Gasteiger charge is 2.48. The topological polar surface area (TPSA) is 66.3 Å². The van der Waals surface area contributed by atoms with E-state index in [9.17, 15) is 9.59 Å². The van der Waals surface area contributed by atoms with E-state index in [-0.39, 0.29) is 24.4 Å². The second kappa shape index (κ2) is 5.78. The normalized spacial score (nSPS) is 21.6. The van der Waals surface area contributed by atoms with Crippen LogP contribution >= 0.6 is 0 Å². The Kier molecular flexibility index (Phi) is 3.35. The maximum absolute atomic E-state index is 13.2. The number of fused-ring (bicyclic) bond motifs is 5. The Balaban J connectivity index is 1.65. The zero-order chi connectivity index (χ0) is 20.7. The summed E-state index contributed by atoms with van der Waals surface area (Å²) >= 11 is 0. The van der Waals surface area contributed by atoms with E-state index >= 15 is 0 Å². The average Bonchev–Trinajstić information content (AvgIpc) is 3.38. The first-order valence-electron chi connectivity index (χ1n) is 10.2. The van der Waals surface area contributed by atoms with Gasteiger partial charge in [0.25, 0.3) is 0 Å². The molecular weight excluding hydrogens is 378 g/mol. The van der Waals surface area contributed by atoms with Crippen LogP contribution in [0, 0.1) is 0 Å². The van der Waals surface area contributed by atoms with Gasteiger partial charge in [-0.05, 0) is 23.8 Å². The molecule has 2 atom stereocenters. The van der Waals surface area contributed by atoms with Crippen LogP contribution in [-0.2, 0) is 30.1 Å². The Morgan fingerprint density at radius 2 is 1.87 bits per heavy atom. The van der Waals surface area contributed by atoms with Gasteiger partial charge >= 0.3 is 0 Å². The lowest BCUT2D eigenvalue weighted by Crippen LogP contribution is -2.62. The van der Waals surface area contributed by atoms with Crippen LogP contribution in [0.2, 0.25) is 0 Å². The number of aromatic amines is 1. The third-order valence-electron chi connectivity index (χ3n) is 6.81. The predicted molar refractivity (Wildman–Crippen MR) is 114 cm³/mol. The number of carbonyl (C=O) groups is 2. The summed E-state index contributed by atoms with van der Waals surface area (Å²) in [6.07, 6.45) is 2.58. The highest BCUT2D eigenvalue weighted by atomic mass is 16.2. The lowest BCUT2D eigenvalue weighted by atomic mass is 9.88. The zero-order valence-electron chi connectivity index (χ0n) is 17.2. The summed E-state index contributed by atoms with van der Waals surface area (Å²) in [5, 5.41) is 2.26. The van der Waals surface area contributed by atoms with E-state index in [4.69, 9.17) is 0 Å². The molecule has 0 spiro atoms. The van der Waals surface area contributed by atoms with Crippen LogP contribution in [0.1, 0.15) is 23.0 Å². The molecule has 1 aromatic carbocycles. The number of amides is 2. The largest absolute Gasteiger partial charge is 0.356 e. The van der Waals surface area contributed by atoms with Crippen molar-refractivity contribution in [2.75, 3.05) is 13.6 Å². The summed E-state index contributed by atoms with van der Waals surface area (Å²) in [5.41, 5.74) is 5.30. The van der Waals surface area contributed by atoms with Crippen molar-refractivity contribution in [1.29, 1.82) is 0 Å². The molecule has 30 heavy (non-hydrogen) atoms. The quantitative estimate of drug-likeness (QED) is 0.532. The molecule has 2 unspecified atom stereocenters. The van der Waals surface area contributed by atoms with E-state index in [1.165, 1.54) is 0 Å². The van der Waals surface area contributed by atoms with Crippen LogP contribution < -0.4 is 0 Å². The molecular formula is C23H23N5O2. The number of likely N-dealkylation sites (N-methyl/N-ethyl adjacent to an activating group) is 1. The molecule has 0 radical (unpaired) electrons. The summed E-state index contributed by atoms with van der Waals surface area (Å²) in [5.74, 6) is -0.00374. The van der Waals surface area contributed by atoms with Gasteiger partial charge in [-0.15, -0.1) is 0 Å². The van der Waals surface area contributed by atoms with E-state index in [1.807, 2.05) is 37.3 Å². The number of H-pyrrole nitrogens is 1.